The van der Waals surface area contributed by atoms with Crippen LogP contribution >= 0.6 is 0 Å². The molecule has 0 fully saturated rings. The minimum atomic E-state index is -3.80. The van der Waals surface area contributed by atoms with Crippen LogP contribution in [0.3, 0.4) is 0 Å². The molecule has 3 aromatic carbocycles. The summed E-state index contributed by atoms with van der Waals surface area (Å²) in [7, 11) is -3.80. The fourth-order valence-corrected chi connectivity index (χ4v) is 5.53. The van der Waals surface area contributed by atoms with Crippen molar-refractivity contribution in [3.63, 3.8) is 0 Å². The molecule has 2 unspecified atom stereocenters. The van der Waals surface area contributed by atoms with Crippen LogP contribution in [0.2, 0.25) is 0 Å². The van der Waals surface area contributed by atoms with Crippen molar-refractivity contribution >= 4 is 27.5 Å². The van der Waals surface area contributed by atoms with Crippen LogP contribution in [-0.2, 0) is 39.0 Å². The number of carbonyl (C=O) groups excluding carboxylic acids is 2. The van der Waals surface area contributed by atoms with Crippen molar-refractivity contribution in [1.82, 2.24) is 10.2 Å². The number of nitrogens with zero attached hydrogens (tertiary/aromatic N) is 2. The van der Waals surface area contributed by atoms with Crippen molar-refractivity contribution in [3.8, 4) is 0 Å². The summed E-state index contributed by atoms with van der Waals surface area (Å²) >= 11 is 0. The minimum Gasteiger partial charge on any atom is -0.352 e. The molecule has 7 nitrogen and oxygen atoms in total. The lowest BCUT2D eigenvalue weighted by molar-refractivity contribution is -0.140. The van der Waals surface area contributed by atoms with Gasteiger partial charge in [0, 0.05) is 19.0 Å². The van der Waals surface area contributed by atoms with Gasteiger partial charge in [0.25, 0.3) is 0 Å². The van der Waals surface area contributed by atoms with Gasteiger partial charge in [0.05, 0.1) is 11.9 Å². The molecule has 3 rings (SSSR count). The Kier molecular flexibility index (Phi) is 10.9. The Labute approximate surface area is 239 Å². The zero-order valence-corrected chi connectivity index (χ0v) is 24.9. The summed E-state index contributed by atoms with van der Waals surface area (Å²) in [5.41, 5.74) is 4.09. The number of rotatable bonds is 13. The summed E-state index contributed by atoms with van der Waals surface area (Å²) < 4.78 is 27.2. The van der Waals surface area contributed by atoms with Gasteiger partial charge in [0.2, 0.25) is 21.8 Å². The van der Waals surface area contributed by atoms with E-state index in [0.717, 1.165) is 39.2 Å². The molecule has 8 heteroatoms. The van der Waals surface area contributed by atoms with E-state index < -0.39 is 28.5 Å². The van der Waals surface area contributed by atoms with Crippen molar-refractivity contribution in [3.05, 3.63) is 101 Å². The van der Waals surface area contributed by atoms with Crippen LogP contribution in [-0.4, -0.2) is 50.0 Å². The van der Waals surface area contributed by atoms with Crippen LogP contribution in [0.25, 0.3) is 0 Å². The smallest absolute Gasteiger partial charge is 0.244 e. The molecular weight excluding hydrogens is 522 g/mol. The lowest BCUT2D eigenvalue weighted by Gasteiger charge is -2.34. The standard InChI is InChI=1S/C32H41N3O4S/c1-6-25(4)33-32(37)30(21-26-15-9-8-10-16-26)34(22-27-17-13-14-24(3)20-27)31(36)23-35(40(5,38)39)29-19-12-11-18-28(29)7-2/h8-20,25,30H,6-7,21-23H2,1-5H3,(H,33,37). The van der Waals surface area contributed by atoms with Crippen LogP contribution in [0.4, 0.5) is 5.69 Å². The number of aryl methyl sites for hydroxylation is 2. The van der Waals surface area contributed by atoms with E-state index in [1.54, 1.807) is 12.1 Å². The van der Waals surface area contributed by atoms with Gasteiger partial charge in [-0.3, -0.25) is 13.9 Å². The molecule has 0 radical (unpaired) electrons. The maximum Gasteiger partial charge on any atom is 0.244 e. The molecular formula is C32H41N3O4S. The maximum absolute atomic E-state index is 14.2. The minimum absolute atomic E-state index is 0.0781. The van der Waals surface area contributed by atoms with E-state index in [1.165, 1.54) is 4.90 Å². The zero-order chi connectivity index (χ0) is 29.3. The van der Waals surface area contributed by atoms with Crippen LogP contribution in [0.1, 0.15) is 49.4 Å². The molecule has 0 heterocycles. The molecule has 40 heavy (non-hydrogen) atoms. The zero-order valence-electron chi connectivity index (χ0n) is 24.1. The predicted molar refractivity (Wildman–Crippen MR) is 162 cm³/mol. The number of hydrogen-bond donors (Lipinski definition) is 1. The van der Waals surface area contributed by atoms with E-state index in [9.17, 15) is 18.0 Å². The van der Waals surface area contributed by atoms with Gasteiger partial charge in [-0.1, -0.05) is 92.2 Å². The van der Waals surface area contributed by atoms with Gasteiger partial charge in [-0.05, 0) is 49.4 Å². The van der Waals surface area contributed by atoms with Crippen molar-refractivity contribution in [2.24, 2.45) is 0 Å². The van der Waals surface area contributed by atoms with E-state index in [0.29, 0.717) is 18.5 Å². The third-order valence-corrected chi connectivity index (χ3v) is 8.15. The molecule has 2 amide bonds. The normalized spacial score (nSPS) is 12.8. The van der Waals surface area contributed by atoms with Crippen LogP contribution in [0.5, 0.6) is 0 Å². The first kappa shape index (κ1) is 30.9. The van der Waals surface area contributed by atoms with Crippen LogP contribution in [0.15, 0.2) is 78.9 Å². The van der Waals surface area contributed by atoms with Gasteiger partial charge in [0.1, 0.15) is 12.6 Å². The molecule has 2 atom stereocenters. The highest BCUT2D eigenvalue weighted by atomic mass is 32.2. The summed E-state index contributed by atoms with van der Waals surface area (Å²) in [4.78, 5) is 29.5. The summed E-state index contributed by atoms with van der Waals surface area (Å²) in [6, 6.07) is 23.6. The molecule has 0 aliphatic heterocycles. The number of para-hydroxylation sites is 1. The molecule has 214 valence electrons. The van der Waals surface area contributed by atoms with Gasteiger partial charge in [-0.2, -0.15) is 0 Å². The largest absolute Gasteiger partial charge is 0.352 e. The summed E-state index contributed by atoms with van der Waals surface area (Å²) in [6.45, 7) is 7.59. The van der Waals surface area contributed by atoms with E-state index in [1.807, 2.05) is 94.4 Å². The second-order valence-electron chi connectivity index (χ2n) is 10.3. The maximum atomic E-state index is 14.2. The Morgan fingerprint density at radius 3 is 2.17 bits per heavy atom. The average Bonchev–Trinajstić information content (AvgIpc) is 2.93. The molecule has 0 aromatic heterocycles. The Bertz CT molecular complexity index is 1390. The molecule has 0 bridgehead atoms. The van der Waals surface area contributed by atoms with Gasteiger partial charge >= 0.3 is 0 Å². The number of carbonyl (C=O) groups is 2. The fourth-order valence-electron chi connectivity index (χ4n) is 4.65. The van der Waals surface area contributed by atoms with Gasteiger partial charge in [-0.25, -0.2) is 8.42 Å². The predicted octanol–water partition coefficient (Wildman–Crippen LogP) is 4.88. The topological polar surface area (TPSA) is 86.8 Å². The first-order valence-electron chi connectivity index (χ1n) is 13.8. The van der Waals surface area contributed by atoms with Gasteiger partial charge in [0.15, 0.2) is 0 Å². The number of amides is 2. The van der Waals surface area contributed by atoms with Crippen molar-refractivity contribution in [2.45, 2.75) is 65.6 Å². The second-order valence-corrected chi connectivity index (χ2v) is 12.2. The molecule has 0 spiro atoms. The molecule has 0 saturated carbocycles. The van der Waals surface area contributed by atoms with E-state index in [2.05, 4.69) is 5.32 Å². The van der Waals surface area contributed by atoms with E-state index >= 15 is 0 Å². The SMILES string of the molecule is CCc1ccccc1N(CC(=O)N(Cc1cccc(C)c1)C(Cc1ccccc1)C(=O)NC(C)CC)S(C)(=O)=O. The van der Waals surface area contributed by atoms with E-state index in [4.69, 9.17) is 0 Å². The van der Waals surface area contributed by atoms with Gasteiger partial charge in [-0.15, -0.1) is 0 Å². The quantitative estimate of drug-likeness (QED) is 0.321. The van der Waals surface area contributed by atoms with Crippen LogP contribution < -0.4 is 9.62 Å². The molecule has 1 N–H and O–H groups in total. The average molecular weight is 564 g/mol. The number of hydrogen-bond acceptors (Lipinski definition) is 4. The number of benzene rings is 3. The summed E-state index contributed by atoms with van der Waals surface area (Å²) in [6.07, 6.45) is 2.75. The van der Waals surface area contributed by atoms with E-state index in [-0.39, 0.29) is 18.5 Å². The van der Waals surface area contributed by atoms with Crippen molar-refractivity contribution < 1.29 is 18.0 Å². The lowest BCUT2D eigenvalue weighted by atomic mass is 10.0. The fraction of sp³-hybridized carbons (Fsp3) is 0.375. The third kappa shape index (κ3) is 8.42. The number of anilines is 1. The second kappa shape index (κ2) is 14.1. The Morgan fingerprint density at radius 2 is 1.55 bits per heavy atom. The number of sulfonamides is 1. The van der Waals surface area contributed by atoms with Crippen LogP contribution in [0, 0.1) is 6.92 Å². The molecule has 0 aliphatic carbocycles. The first-order chi connectivity index (χ1) is 19.0. The highest BCUT2D eigenvalue weighted by Gasteiger charge is 2.33. The third-order valence-electron chi connectivity index (χ3n) is 7.03. The Hall–Kier alpha value is -3.65. The van der Waals surface area contributed by atoms with Crippen molar-refractivity contribution in [1.29, 1.82) is 0 Å². The molecule has 3 aromatic rings. The Balaban J connectivity index is 2.08. The summed E-state index contributed by atoms with van der Waals surface area (Å²) in [5.74, 6) is -0.711. The number of nitrogens with one attached hydrogen (secondary N) is 1. The Morgan fingerprint density at radius 1 is 0.900 bits per heavy atom. The lowest BCUT2D eigenvalue weighted by Crippen LogP contribution is -2.54. The molecule has 0 aliphatic rings. The highest BCUT2D eigenvalue weighted by Crippen LogP contribution is 2.25. The monoisotopic (exact) mass is 563 g/mol. The highest BCUT2D eigenvalue weighted by molar-refractivity contribution is 7.92. The summed E-state index contributed by atoms with van der Waals surface area (Å²) in [5, 5.41) is 3.05. The van der Waals surface area contributed by atoms with Gasteiger partial charge < -0.3 is 10.2 Å². The first-order valence-corrected chi connectivity index (χ1v) is 15.6. The molecule has 0 saturated heterocycles. The van der Waals surface area contributed by atoms with Crippen molar-refractivity contribution in [2.75, 3.05) is 17.1 Å².